The van der Waals surface area contributed by atoms with Gasteiger partial charge in [0.25, 0.3) is 0 Å². The molecule has 1 saturated carbocycles. The highest BCUT2D eigenvalue weighted by Crippen LogP contribution is 2.43. The lowest BCUT2D eigenvalue weighted by Gasteiger charge is -2.13. The van der Waals surface area contributed by atoms with Gasteiger partial charge in [0.2, 0.25) is 5.91 Å². The van der Waals surface area contributed by atoms with Crippen LogP contribution >= 0.6 is 0 Å². The maximum Gasteiger partial charge on any atom is 0.224 e. The summed E-state index contributed by atoms with van der Waals surface area (Å²) in [6.45, 7) is 2.14. The topological polar surface area (TPSA) is 64.3 Å². The minimum absolute atomic E-state index is 0.0820. The lowest BCUT2D eigenvalue weighted by Crippen LogP contribution is -2.34. The van der Waals surface area contributed by atoms with Crippen LogP contribution in [0.2, 0.25) is 0 Å². The van der Waals surface area contributed by atoms with Crippen molar-refractivity contribution in [3.8, 4) is 5.75 Å². The van der Waals surface area contributed by atoms with Crippen molar-refractivity contribution in [2.45, 2.75) is 25.7 Å². The van der Waals surface area contributed by atoms with E-state index in [4.69, 9.17) is 10.5 Å². The van der Waals surface area contributed by atoms with E-state index in [1.54, 1.807) is 0 Å². The lowest BCUT2D eigenvalue weighted by molar-refractivity contribution is -0.120. The van der Waals surface area contributed by atoms with Gasteiger partial charge in [-0.15, -0.1) is 0 Å². The fraction of sp³-hybridized carbons (Fsp3) is 0.533. The Bertz CT molecular complexity index is 495. The first-order valence-electron chi connectivity index (χ1n) is 6.92. The zero-order valence-electron chi connectivity index (χ0n) is 11.1. The summed E-state index contributed by atoms with van der Waals surface area (Å²) in [6.07, 6.45) is 3.66. The quantitative estimate of drug-likeness (QED) is 0.830. The number of carbonyl (C=O) groups is 1. The maximum atomic E-state index is 11.9. The van der Waals surface area contributed by atoms with Crippen LogP contribution in [0.5, 0.6) is 5.75 Å². The van der Waals surface area contributed by atoms with Gasteiger partial charge >= 0.3 is 0 Å². The van der Waals surface area contributed by atoms with Crippen LogP contribution in [0.25, 0.3) is 0 Å². The molecule has 1 amide bonds. The number of hydrogen-bond donors (Lipinski definition) is 2. The van der Waals surface area contributed by atoms with E-state index in [0.717, 1.165) is 43.7 Å². The molecule has 3 rings (SSSR count). The summed E-state index contributed by atoms with van der Waals surface area (Å²) in [7, 11) is 0. The molecular formula is C15H20N2O2. The Balaban J connectivity index is 1.54. The number of carbonyl (C=O) groups excluding carboxylic acids is 1. The third-order valence-corrected chi connectivity index (χ3v) is 4.17. The molecule has 1 aliphatic carbocycles. The number of hydrogen-bond acceptors (Lipinski definition) is 3. The lowest BCUT2D eigenvalue weighted by atomic mass is 10.1. The number of nitrogens with two attached hydrogens (primary N) is 1. The van der Waals surface area contributed by atoms with Crippen molar-refractivity contribution in [2.75, 3.05) is 19.7 Å². The molecule has 3 N–H and O–H groups in total. The van der Waals surface area contributed by atoms with Crippen molar-refractivity contribution in [1.29, 1.82) is 0 Å². The summed E-state index contributed by atoms with van der Waals surface area (Å²) in [6, 6.07) is 6.02. The van der Waals surface area contributed by atoms with Gasteiger partial charge < -0.3 is 15.8 Å². The molecule has 1 fully saturated rings. The summed E-state index contributed by atoms with van der Waals surface area (Å²) >= 11 is 0. The predicted molar refractivity (Wildman–Crippen MR) is 73.1 cm³/mol. The normalized spacial score (nSPS) is 18.6. The van der Waals surface area contributed by atoms with E-state index < -0.39 is 0 Å². The highest BCUT2D eigenvalue weighted by Gasteiger charge is 2.41. The van der Waals surface area contributed by atoms with Gasteiger partial charge in [-0.3, -0.25) is 4.79 Å². The van der Waals surface area contributed by atoms with E-state index in [2.05, 4.69) is 11.4 Å². The first kappa shape index (κ1) is 12.5. The Labute approximate surface area is 113 Å². The summed E-state index contributed by atoms with van der Waals surface area (Å²) in [5.74, 6) is 1.04. The Morgan fingerprint density at radius 3 is 3.00 bits per heavy atom. The van der Waals surface area contributed by atoms with Crippen LogP contribution in [0.15, 0.2) is 18.2 Å². The van der Waals surface area contributed by atoms with E-state index >= 15 is 0 Å². The second-order valence-corrected chi connectivity index (χ2v) is 5.70. The van der Waals surface area contributed by atoms with Gasteiger partial charge in [0.05, 0.1) is 13.0 Å². The minimum atomic E-state index is 0.0820. The molecule has 0 unspecified atom stereocenters. The molecule has 0 bridgehead atoms. The van der Waals surface area contributed by atoms with Gasteiger partial charge in [0.15, 0.2) is 0 Å². The Hall–Kier alpha value is -1.55. The molecule has 0 radical (unpaired) electrons. The molecular weight excluding hydrogens is 240 g/mol. The van der Waals surface area contributed by atoms with Crippen molar-refractivity contribution < 1.29 is 9.53 Å². The molecule has 2 aliphatic rings. The van der Waals surface area contributed by atoms with Crippen LogP contribution < -0.4 is 15.8 Å². The second-order valence-electron chi connectivity index (χ2n) is 5.70. The van der Waals surface area contributed by atoms with Crippen LogP contribution in [0, 0.1) is 5.41 Å². The first-order chi connectivity index (χ1) is 9.21. The van der Waals surface area contributed by atoms with Crippen LogP contribution in [-0.4, -0.2) is 25.6 Å². The average Bonchev–Trinajstić information content (AvgIpc) is 3.06. The van der Waals surface area contributed by atoms with Gasteiger partial charge in [-0.25, -0.2) is 0 Å². The number of ether oxygens (including phenoxy) is 1. The van der Waals surface area contributed by atoms with Crippen molar-refractivity contribution in [3.05, 3.63) is 29.3 Å². The van der Waals surface area contributed by atoms with Gasteiger partial charge in [0.1, 0.15) is 5.75 Å². The minimum Gasteiger partial charge on any atom is -0.493 e. The zero-order valence-corrected chi connectivity index (χ0v) is 11.1. The van der Waals surface area contributed by atoms with E-state index in [1.165, 1.54) is 5.56 Å². The molecule has 1 aromatic carbocycles. The predicted octanol–water partition coefficient (Wildman–Crippen LogP) is 1.02. The van der Waals surface area contributed by atoms with Crippen LogP contribution in [0.3, 0.4) is 0 Å². The van der Waals surface area contributed by atoms with Crippen LogP contribution in [0.4, 0.5) is 0 Å². The molecule has 19 heavy (non-hydrogen) atoms. The van der Waals surface area contributed by atoms with E-state index in [1.807, 2.05) is 12.1 Å². The average molecular weight is 260 g/mol. The largest absolute Gasteiger partial charge is 0.493 e. The molecule has 0 saturated heterocycles. The molecule has 0 aromatic heterocycles. The SMILES string of the molecule is NCC1(CNC(=O)Cc2ccc3c(c2)CCO3)CC1. The van der Waals surface area contributed by atoms with Crippen LogP contribution in [0.1, 0.15) is 24.0 Å². The fourth-order valence-electron chi connectivity index (χ4n) is 2.51. The molecule has 4 heteroatoms. The fourth-order valence-corrected chi connectivity index (χ4v) is 2.51. The molecule has 1 aromatic rings. The number of rotatable bonds is 5. The molecule has 1 aliphatic heterocycles. The highest BCUT2D eigenvalue weighted by atomic mass is 16.5. The molecule has 0 atom stereocenters. The van der Waals surface area contributed by atoms with Crippen molar-refractivity contribution in [2.24, 2.45) is 11.1 Å². The van der Waals surface area contributed by atoms with Gasteiger partial charge in [-0.05, 0) is 42.0 Å². The Kier molecular flexibility index (Phi) is 3.19. The summed E-state index contributed by atoms with van der Waals surface area (Å²) in [4.78, 5) is 11.9. The molecule has 1 heterocycles. The Morgan fingerprint density at radius 2 is 2.26 bits per heavy atom. The summed E-state index contributed by atoms with van der Waals surface area (Å²) in [5.41, 5.74) is 8.17. The number of amides is 1. The van der Waals surface area contributed by atoms with Gasteiger partial charge in [-0.2, -0.15) is 0 Å². The van der Waals surface area contributed by atoms with Crippen molar-refractivity contribution in [3.63, 3.8) is 0 Å². The molecule has 102 valence electrons. The van der Waals surface area contributed by atoms with E-state index in [-0.39, 0.29) is 11.3 Å². The highest BCUT2D eigenvalue weighted by molar-refractivity contribution is 5.78. The summed E-state index contributed by atoms with van der Waals surface area (Å²) in [5, 5.41) is 3.00. The van der Waals surface area contributed by atoms with E-state index in [9.17, 15) is 4.79 Å². The van der Waals surface area contributed by atoms with Crippen LogP contribution in [-0.2, 0) is 17.6 Å². The number of benzene rings is 1. The first-order valence-corrected chi connectivity index (χ1v) is 6.92. The number of nitrogens with one attached hydrogen (secondary N) is 1. The maximum absolute atomic E-state index is 11.9. The standard InChI is InChI=1S/C15H20N2O2/c16-9-15(4-5-15)10-17-14(18)8-11-1-2-13-12(7-11)3-6-19-13/h1-2,7H,3-6,8-10,16H2,(H,17,18). The Morgan fingerprint density at radius 1 is 1.42 bits per heavy atom. The van der Waals surface area contributed by atoms with Crippen molar-refractivity contribution >= 4 is 5.91 Å². The van der Waals surface area contributed by atoms with Gasteiger partial charge in [0, 0.05) is 13.0 Å². The third-order valence-electron chi connectivity index (χ3n) is 4.17. The molecule has 4 nitrogen and oxygen atoms in total. The monoisotopic (exact) mass is 260 g/mol. The zero-order chi connectivity index (χ0) is 13.3. The van der Waals surface area contributed by atoms with Crippen molar-refractivity contribution in [1.82, 2.24) is 5.32 Å². The summed E-state index contributed by atoms with van der Waals surface area (Å²) < 4.78 is 5.46. The number of fused-ring (bicyclic) bond motifs is 1. The van der Waals surface area contributed by atoms with E-state index in [0.29, 0.717) is 13.0 Å². The third kappa shape index (κ3) is 2.73. The second kappa shape index (κ2) is 4.85. The van der Waals surface area contributed by atoms with Gasteiger partial charge in [-0.1, -0.05) is 12.1 Å². The molecule has 0 spiro atoms. The smallest absolute Gasteiger partial charge is 0.224 e.